The summed E-state index contributed by atoms with van der Waals surface area (Å²) in [7, 11) is 0. The summed E-state index contributed by atoms with van der Waals surface area (Å²) in [5.74, 6) is 0. The van der Waals surface area contributed by atoms with Crippen LogP contribution in [-0.2, 0) is 0 Å². The fourth-order valence-electron chi connectivity index (χ4n) is 1.21. The predicted molar refractivity (Wildman–Crippen MR) is 41.1 cm³/mol. The van der Waals surface area contributed by atoms with E-state index in [1.54, 1.807) is 0 Å². The SMILES string of the molecule is C1=CCC2=CNCNC2=C1. The molecule has 2 N–H and O–H groups in total. The third-order valence-electron chi connectivity index (χ3n) is 1.74. The van der Waals surface area contributed by atoms with Crippen LogP contribution in [0.25, 0.3) is 0 Å². The molecule has 0 amide bonds. The van der Waals surface area contributed by atoms with Gasteiger partial charge in [-0.3, -0.25) is 0 Å². The van der Waals surface area contributed by atoms with Gasteiger partial charge >= 0.3 is 0 Å². The number of allylic oxidation sites excluding steroid dienone is 4. The minimum Gasteiger partial charge on any atom is -0.374 e. The first-order valence-corrected chi connectivity index (χ1v) is 3.50. The van der Waals surface area contributed by atoms with Gasteiger partial charge in [-0.2, -0.15) is 0 Å². The molecule has 0 atom stereocenters. The van der Waals surface area contributed by atoms with Crippen molar-refractivity contribution in [3.8, 4) is 0 Å². The molecule has 0 spiro atoms. The molecule has 52 valence electrons. The van der Waals surface area contributed by atoms with Gasteiger partial charge in [0.1, 0.15) is 0 Å². The largest absolute Gasteiger partial charge is 0.374 e. The van der Waals surface area contributed by atoms with Crippen LogP contribution in [0.5, 0.6) is 0 Å². The second kappa shape index (κ2) is 2.21. The smallest absolute Gasteiger partial charge is 0.0844 e. The van der Waals surface area contributed by atoms with Crippen molar-refractivity contribution in [3.05, 3.63) is 35.7 Å². The quantitative estimate of drug-likeness (QED) is 0.513. The summed E-state index contributed by atoms with van der Waals surface area (Å²) in [6.45, 7) is 0.850. The van der Waals surface area contributed by atoms with Gasteiger partial charge < -0.3 is 10.6 Å². The van der Waals surface area contributed by atoms with Gasteiger partial charge in [0.25, 0.3) is 0 Å². The Bertz CT molecular complexity index is 223. The average molecular weight is 134 g/mol. The van der Waals surface area contributed by atoms with E-state index in [0.717, 1.165) is 13.1 Å². The van der Waals surface area contributed by atoms with Crippen LogP contribution in [0.1, 0.15) is 6.42 Å². The molecule has 0 saturated heterocycles. The molecule has 1 aliphatic carbocycles. The molecule has 0 fully saturated rings. The summed E-state index contributed by atoms with van der Waals surface area (Å²) in [6, 6.07) is 0. The van der Waals surface area contributed by atoms with Gasteiger partial charge in [-0.25, -0.2) is 0 Å². The minimum absolute atomic E-state index is 0.850. The van der Waals surface area contributed by atoms with Gasteiger partial charge in [0.15, 0.2) is 0 Å². The van der Waals surface area contributed by atoms with E-state index in [2.05, 4.69) is 35.1 Å². The number of fused-ring (bicyclic) bond motifs is 1. The average Bonchev–Trinajstić information content (AvgIpc) is 2.05. The van der Waals surface area contributed by atoms with E-state index in [9.17, 15) is 0 Å². The van der Waals surface area contributed by atoms with Crippen LogP contribution in [0, 0.1) is 0 Å². The molecule has 2 nitrogen and oxygen atoms in total. The highest BCUT2D eigenvalue weighted by atomic mass is 15.1. The lowest BCUT2D eigenvalue weighted by molar-refractivity contribution is 0.697. The second-order valence-corrected chi connectivity index (χ2v) is 2.44. The van der Waals surface area contributed by atoms with Crippen LogP contribution >= 0.6 is 0 Å². The molecule has 0 bridgehead atoms. The van der Waals surface area contributed by atoms with Crippen molar-refractivity contribution in [1.82, 2.24) is 10.6 Å². The summed E-state index contributed by atoms with van der Waals surface area (Å²) in [6.07, 6.45) is 9.48. The fraction of sp³-hybridized carbons (Fsp3) is 0.250. The predicted octanol–water partition coefficient (Wildman–Crippen LogP) is 0.864. The number of rotatable bonds is 0. The lowest BCUT2D eigenvalue weighted by Crippen LogP contribution is -2.31. The third-order valence-corrected chi connectivity index (χ3v) is 1.74. The van der Waals surface area contributed by atoms with Gasteiger partial charge in [-0.1, -0.05) is 12.2 Å². The van der Waals surface area contributed by atoms with Gasteiger partial charge in [0.05, 0.1) is 6.67 Å². The van der Waals surface area contributed by atoms with Crippen molar-refractivity contribution in [3.63, 3.8) is 0 Å². The molecule has 0 radical (unpaired) electrons. The van der Waals surface area contributed by atoms with Crippen LogP contribution in [0.15, 0.2) is 35.7 Å². The molecule has 2 rings (SSSR count). The highest BCUT2D eigenvalue weighted by Gasteiger charge is 2.08. The summed E-state index contributed by atoms with van der Waals surface area (Å²) < 4.78 is 0. The first-order valence-electron chi connectivity index (χ1n) is 3.50. The van der Waals surface area contributed by atoms with E-state index in [1.165, 1.54) is 11.3 Å². The maximum atomic E-state index is 3.25. The van der Waals surface area contributed by atoms with Gasteiger partial charge in [0, 0.05) is 11.9 Å². The van der Waals surface area contributed by atoms with Crippen molar-refractivity contribution in [2.45, 2.75) is 6.42 Å². The Morgan fingerprint density at radius 2 is 2.40 bits per heavy atom. The Balaban J connectivity index is 2.32. The maximum absolute atomic E-state index is 3.25. The summed E-state index contributed by atoms with van der Waals surface area (Å²) >= 11 is 0. The van der Waals surface area contributed by atoms with E-state index in [-0.39, 0.29) is 0 Å². The molecule has 0 aromatic carbocycles. The van der Waals surface area contributed by atoms with Crippen LogP contribution in [-0.4, -0.2) is 6.67 Å². The van der Waals surface area contributed by atoms with E-state index < -0.39 is 0 Å². The minimum atomic E-state index is 0.850. The zero-order valence-electron chi connectivity index (χ0n) is 5.72. The number of hydrogen-bond acceptors (Lipinski definition) is 2. The maximum Gasteiger partial charge on any atom is 0.0844 e. The Morgan fingerprint density at radius 3 is 3.30 bits per heavy atom. The molecule has 0 saturated carbocycles. The van der Waals surface area contributed by atoms with Crippen molar-refractivity contribution in [1.29, 1.82) is 0 Å². The van der Waals surface area contributed by atoms with E-state index in [4.69, 9.17) is 0 Å². The zero-order chi connectivity index (χ0) is 6.81. The van der Waals surface area contributed by atoms with Gasteiger partial charge in [-0.05, 0) is 18.1 Å². The van der Waals surface area contributed by atoms with Crippen LogP contribution in [0.2, 0.25) is 0 Å². The Kier molecular flexibility index (Phi) is 1.24. The third kappa shape index (κ3) is 0.817. The number of hydrogen-bond donors (Lipinski definition) is 2. The first-order chi connectivity index (χ1) is 4.97. The molecule has 0 aromatic rings. The van der Waals surface area contributed by atoms with Gasteiger partial charge in [0.2, 0.25) is 0 Å². The van der Waals surface area contributed by atoms with Crippen molar-refractivity contribution >= 4 is 0 Å². The lowest BCUT2D eigenvalue weighted by atomic mass is 10.0. The van der Waals surface area contributed by atoms with Crippen molar-refractivity contribution in [2.24, 2.45) is 0 Å². The van der Waals surface area contributed by atoms with Crippen LogP contribution in [0.3, 0.4) is 0 Å². The van der Waals surface area contributed by atoms with Crippen molar-refractivity contribution < 1.29 is 0 Å². The highest BCUT2D eigenvalue weighted by molar-refractivity contribution is 5.38. The lowest BCUT2D eigenvalue weighted by Gasteiger charge is -2.20. The molecular weight excluding hydrogens is 124 g/mol. The molecule has 1 aliphatic heterocycles. The summed E-state index contributed by atoms with van der Waals surface area (Å²) in [5, 5.41) is 6.39. The molecule has 0 aromatic heterocycles. The molecule has 0 unspecified atom stereocenters. The van der Waals surface area contributed by atoms with Crippen LogP contribution < -0.4 is 10.6 Å². The molecule has 2 heteroatoms. The fourth-order valence-corrected chi connectivity index (χ4v) is 1.21. The second-order valence-electron chi connectivity index (χ2n) is 2.44. The van der Waals surface area contributed by atoms with E-state index >= 15 is 0 Å². The molecule has 1 heterocycles. The Morgan fingerprint density at radius 1 is 1.40 bits per heavy atom. The monoisotopic (exact) mass is 134 g/mol. The van der Waals surface area contributed by atoms with Gasteiger partial charge in [-0.15, -0.1) is 0 Å². The number of nitrogens with one attached hydrogen (secondary N) is 2. The standard InChI is InChI=1S/C8H10N2/c1-2-4-8-7(3-1)5-9-6-10-8/h1-2,4-5,9-10H,3,6H2. The highest BCUT2D eigenvalue weighted by Crippen LogP contribution is 2.17. The summed E-state index contributed by atoms with van der Waals surface area (Å²) in [4.78, 5) is 0. The molecule has 10 heavy (non-hydrogen) atoms. The van der Waals surface area contributed by atoms with Crippen LogP contribution in [0.4, 0.5) is 0 Å². The summed E-state index contributed by atoms with van der Waals surface area (Å²) in [5.41, 5.74) is 2.62. The Hall–Kier alpha value is -1.18. The van der Waals surface area contributed by atoms with Crippen molar-refractivity contribution in [2.75, 3.05) is 6.67 Å². The molecular formula is C8H10N2. The zero-order valence-corrected chi connectivity index (χ0v) is 5.72. The topological polar surface area (TPSA) is 24.1 Å². The van der Waals surface area contributed by atoms with E-state index in [1.807, 2.05) is 0 Å². The van der Waals surface area contributed by atoms with E-state index in [0.29, 0.717) is 0 Å². The first kappa shape index (κ1) is 5.59. The molecule has 2 aliphatic rings. The Labute approximate surface area is 60.3 Å². The normalized spacial score (nSPS) is 21.6.